The molecule has 2 N–H and O–H groups in total. The third-order valence-corrected chi connectivity index (χ3v) is 6.27. The highest BCUT2D eigenvalue weighted by molar-refractivity contribution is 6.11. The Morgan fingerprint density at radius 2 is 0.905 bits per heavy atom. The lowest BCUT2D eigenvalue weighted by Crippen LogP contribution is -1.99. The molecule has 2 heterocycles. The average Bonchev–Trinajstić information content (AvgIpc) is 3.69. The van der Waals surface area contributed by atoms with Crippen LogP contribution in [0.25, 0.3) is 34.8 Å². The molecule has 8 heteroatoms. The van der Waals surface area contributed by atoms with Crippen LogP contribution in [0.4, 0.5) is 0 Å². The largest absolute Gasteiger partial charge is 0.478 e. The van der Waals surface area contributed by atoms with E-state index in [0.29, 0.717) is 45.3 Å². The van der Waals surface area contributed by atoms with E-state index >= 15 is 0 Å². The molecule has 0 radical (unpaired) electrons. The van der Waals surface area contributed by atoms with Crippen molar-refractivity contribution in [2.75, 3.05) is 0 Å². The number of allylic oxidation sites excluding steroid dienone is 2. The number of carboxylic acids is 2. The highest BCUT2D eigenvalue weighted by atomic mass is 16.4. The van der Waals surface area contributed by atoms with Crippen molar-refractivity contribution in [3.63, 3.8) is 0 Å². The highest BCUT2D eigenvalue weighted by Gasteiger charge is 2.11. The third-order valence-electron chi connectivity index (χ3n) is 6.27. The van der Waals surface area contributed by atoms with Gasteiger partial charge in [-0.05, 0) is 78.9 Å². The quantitative estimate of drug-likeness (QED) is 0.134. The van der Waals surface area contributed by atoms with Gasteiger partial charge in [-0.3, -0.25) is 9.59 Å². The van der Waals surface area contributed by atoms with Gasteiger partial charge < -0.3 is 19.0 Å². The van der Waals surface area contributed by atoms with Crippen molar-refractivity contribution in [1.82, 2.24) is 0 Å². The summed E-state index contributed by atoms with van der Waals surface area (Å²) in [6, 6.07) is 25.7. The lowest BCUT2D eigenvalue weighted by atomic mass is 10.0. The molecule has 0 aliphatic heterocycles. The van der Waals surface area contributed by atoms with Crippen LogP contribution in [-0.4, -0.2) is 33.7 Å². The topological polar surface area (TPSA) is 135 Å². The molecule has 2 aromatic heterocycles. The van der Waals surface area contributed by atoms with Gasteiger partial charge in [0.05, 0.1) is 11.1 Å². The van der Waals surface area contributed by atoms with Gasteiger partial charge in [0, 0.05) is 22.3 Å². The Labute approximate surface area is 239 Å². The van der Waals surface area contributed by atoms with Crippen LogP contribution in [-0.2, 0) is 0 Å². The lowest BCUT2D eigenvalue weighted by molar-refractivity contribution is 0.0686. The molecule has 5 aromatic rings. The molecule has 0 amide bonds. The van der Waals surface area contributed by atoms with E-state index in [4.69, 9.17) is 8.83 Å². The molecule has 0 atom stereocenters. The maximum Gasteiger partial charge on any atom is 0.335 e. The number of carbonyl (C=O) groups is 4. The Bertz CT molecular complexity index is 1750. The molecule has 42 heavy (non-hydrogen) atoms. The van der Waals surface area contributed by atoms with E-state index in [1.165, 1.54) is 54.6 Å². The summed E-state index contributed by atoms with van der Waals surface area (Å²) in [7, 11) is 0. The summed E-state index contributed by atoms with van der Waals surface area (Å²) in [5, 5.41) is 18.4. The summed E-state index contributed by atoms with van der Waals surface area (Å²) >= 11 is 0. The van der Waals surface area contributed by atoms with Crippen LogP contribution >= 0.6 is 0 Å². The SMILES string of the molecule is O=C(O)c1cccc(-c2ccc(/C=C/C(=O)c3cccc(C(=O)/C=C/c4ccc(-c5cccc(C(=O)O)c5)o4)c3)o2)c1. The van der Waals surface area contributed by atoms with Gasteiger partial charge >= 0.3 is 11.9 Å². The number of carbonyl (C=O) groups excluding carboxylic acids is 2. The Morgan fingerprint density at radius 1 is 0.500 bits per heavy atom. The molecule has 0 spiro atoms. The van der Waals surface area contributed by atoms with Gasteiger partial charge in [0.2, 0.25) is 0 Å². The Morgan fingerprint density at radius 3 is 1.33 bits per heavy atom. The summed E-state index contributed by atoms with van der Waals surface area (Å²) in [5.41, 5.74) is 2.09. The van der Waals surface area contributed by atoms with E-state index in [1.807, 2.05) is 0 Å². The van der Waals surface area contributed by atoms with E-state index in [9.17, 15) is 29.4 Å². The molecule has 0 aliphatic rings. The molecule has 0 saturated heterocycles. The zero-order chi connectivity index (χ0) is 29.6. The van der Waals surface area contributed by atoms with Gasteiger partial charge in [0.1, 0.15) is 23.0 Å². The van der Waals surface area contributed by atoms with Crippen molar-refractivity contribution in [3.05, 3.63) is 143 Å². The molecule has 5 rings (SSSR count). The van der Waals surface area contributed by atoms with Crippen LogP contribution in [0.3, 0.4) is 0 Å². The molecule has 3 aromatic carbocycles. The summed E-state index contributed by atoms with van der Waals surface area (Å²) in [6.07, 6.45) is 5.67. The minimum absolute atomic E-state index is 0.137. The van der Waals surface area contributed by atoms with Crippen LogP contribution in [0, 0.1) is 0 Å². The molecular formula is C34H22O8. The molecule has 0 aliphatic carbocycles. The number of carboxylic acid groups (broad SMARTS) is 2. The third kappa shape index (κ3) is 6.40. The number of furan rings is 2. The zero-order valence-electron chi connectivity index (χ0n) is 21.9. The molecular weight excluding hydrogens is 536 g/mol. The number of benzene rings is 3. The highest BCUT2D eigenvalue weighted by Crippen LogP contribution is 2.25. The van der Waals surface area contributed by atoms with E-state index in [-0.39, 0.29) is 22.7 Å². The van der Waals surface area contributed by atoms with Crippen LogP contribution in [0.1, 0.15) is 53.0 Å². The predicted octanol–water partition coefficient (Wildman–Crippen LogP) is 7.40. The van der Waals surface area contributed by atoms with Gasteiger partial charge in [-0.2, -0.15) is 0 Å². The predicted molar refractivity (Wildman–Crippen MR) is 155 cm³/mol. The Balaban J connectivity index is 1.25. The first-order valence-electron chi connectivity index (χ1n) is 12.7. The fourth-order valence-electron chi connectivity index (χ4n) is 4.14. The Kier molecular flexibility index (Phi) is 7.88. The van der Waals surface area contributed by atoms with Crippen LogP contribution in [0.5, 0.6) is 0 Å². The van der Waals surface area contributed by atoms with Crippen LogP contribution in [0.2, 0.25) is 0 Å². The number of hydrogen-bond donors (Lipinski definition) is 2. The molecule has 206 valence electrons. The van der Waals surface area contributed by atoms with Crippen LogP contribution in [0.15, 0.2) is 118 Å². The molecule has 0 fully saturated rings. The second kappa shape index (κ2) is 12.0. The molecule has 0 unspecified atom stereocenters. The van der Waals surface area contributed by atoms with Crippen molar-refractivity contribution in [2.24, 2.45) is 0 Å². The zero-order valence-corrected chi connectivity index (χ0v) is 21.9. The number of ketones is 2. The second-order valence-electron chi connectivity index (χ2n) is 9.15. The maximum atomic E-state index is 12.8. The fraction of sp³-hybridized carbons (Fsp3) is 0. The number of aromatic carboxylic acids is 2. The fourth-order valence-corrected chi connectivity index (χ4v) is 4.14. The van der Waals surface area contributed by atoms with E-state index in [1.54, 1.807) is 66.7 Å². The smallest absolute Gasteiger partial charge is 0.335 e. The minimum Gasteiger partial charge on any atom is -0.478 e. The summed E-state index contributed by atoms with van der Waals surface area (Å²) in [6.45, 7) is 0. The maximum absolute atomic E-state index is 12.8. The summed E-state index contributed by atoms with van der Waals surface area (Å²) in [5.74, 6) is -1.02. The van der Waals surface area contributed by atoms with Crippen molar-refractivity contribution >= 4 is 35.7 Å². The normalized spacial score (nSPS) is 11.2. The van der Waals surface area contributed by atoms with Gasteiger partial charge in [-0.1, -0.05) is 42.5 Å². The second-order valence-corrected chi connectivity index (χ2v) is 9.15. The van der Waals surface area contributed by atoms with Crippen molar-refractivity contribution < 1.29 is 38.2 Å². The Hall–Kier alpha value is -6.02. The summed E-state index contributed by atoms with van der Waals surface area (Å²) in [4.78, 5) is 48.0. The average molecular weight is 559 g/mol. The summed E-state index contributed by atoms with van der Waals surface area (Å²) < 4.78 is 11.5. The molecule has 0 bridgehead atoms. The minimum atomic E-state index is -1.04. The first kappa shape index (κ1) is 27.5. The van der Waals surface area contributed by atoms with Gasteiger partial charge in [0.15, 0.2) is 11.6 Å². The standard InChI is InChI=1S/C34H22O8/c35-29(14-10-27-12-16-31(41-27)23-6-2-8-25(19-23)33(37)38)21-4-1-5-22(18-21)30(36)15-11-28-13-17-32(42-28)24-7-3-9-26(20-24)34(39)40/h1-20H,(H,37,38)(H,39,40)/b14-10+,15-11+. The van der Waals surface area contributed by atoms with E-state index in [0.717, 1.165) is 0 Å². The van der Waals surface area contributed by atoms with Gasteiger partial charge in [0.25, 0.3) is 0 Å². The lowest BCUT2D eigenvalue weighted by Gasteiger charge is -2.00. The van der Waals surface area contributed by atoms with E-state index < -0.39 is 11.9 Å². The van der Waals surface area contributed by atoms with Gasteiger partial charge in [-0.25, -0.2) is 9.59 Å². The first-order chi connectivity index (χ1) is 20.3. The van der Waals surface area contributed by atoms with Crippen LogP contribution < -0.4 is 0 Å². The van der Waals surface area contributed by atoms with E-state index in [2.05, 4.69) is 0 Å². The number of hydrogen-bond acceptors (Lipinski definition) is 6. The van der Waals surface area contributed by atoms with Crippen molar-refractivity contribution in [1.29, 1.82) is 0 Å². The van der Waals surface area contributed by atoms with Crippen molar-refractivity contribution in [3.8, 4) is 22.6 Å². The number of rotatable bonds is 10. The monoisotopic (exact) mass is 558 g/mol. The molecule has 8 nitrogen and oxygen atoms in total. The van der Waals surface area contributed by atoms with Crippen molar-refractivity contribution in [2.45, 2.75) is 0 Å². The molecule has 0 saturated carbocycles. The van der Waals surface area contributed by atoms with Gasteiger partial charge in [-0.15, -0.1) is 0 Å². The first-order valence-corrected chi connectivity index (χ1v) is 12.7.